The first-order valence-corrected chi connectivity index (χ1v) is 8.63. The Hall–Kier alpha value is -2.93. The summed E-state index contributed by atoms with van der Waals surface area (Å²) in [4.78, 5) is 12.2. The lowest BCUT2D eigenvalue weighted by atomic mass is 10.1. The van der Waals surface area contributed by atoms with Crippen LogP contribution in [0.1, 0.15) is 12.0 Å². The molecule has 0 saturated carbocycles. The molecule has 0 bridgehead atoms. The zero-order valence-electron chi connectivity index (χ0n) is 15.9. The minimum Gasteiger partial charge on any atom is -0.493 e. The summed E-state index contributed by atoms with van der Waals surface area (Å²) in [6.45, 7) is 0.917. The quantitative estimate of drug-likeness (QED) is 0.664. The second-order valence-corrected chi connectivity index (χ2v) is 5.74. The third-order valence-electron chi connectivity index (χ3n) is 3.89. The summed E-state index contributed by atoms with van der Waals surface area (Å²) in [6.07, 6.45) is 0.865. The molecule has 0 aliphatic heterocycles. The van der Waals surface area contributed by atoms with Gasteiger partial charge in [-0.1, -0.05) is 0 Å². The Balaban J connectivity index is 1.95. The van der Waals surface area contributed by atoms with Gasteiger partial charge in [-0.2, -0.15) is 0 Å². The molecule has 27 heavy (non-hydrogen) atoms. The Morgan fingerprint density at radius 1 is 1.00 bits per heavy atom. The van der Waals surface area contributed by atoms with E-state index >= 15 is 0 Å². The summed E-state index contributed by atoms with van der Waals surface area (Å²) in [7, 11) is 4.68. The van der Waals surface area contributed by atoms with E-state index in [1.54, 1.807) is 45.6 Å². The molecular formula is C20H26N2O5. The number of rotatable bonds is 10. The van der Waals surface area contributed by atoms with Gasteiger partial charge in [-0.05, 0) is 48.4 Å². The molecule has 3 N–H and O–H groups in total. The number of ether oxygens (including phenoxy) is 4. The van der Waals surface area contributed by atoms with Crippen LogP contribution in [0.3, 0.4) is 0 Å². The zero-order chi connectivity index (χ0) is 19.6. The van der Waals surface area contributed by atoms with E-state index in [1.807, 2.05) is 12.1 Å². The highest BCUT2D eigenvalue weighted by atomic mass is 16.5. The Morgan fingerprint density at radius 3 is 2.15 bits per heavy atom. The van der Waals surface area contributed by atoms with Crippen molar-refractivity contribution in [2.24, 2.45) is 5.73 Å². The number of benzene rings is 2. The number of nitrogens with one attached hydrogen (secondary N) is 1. The van der Waals surface area contributed by atoms with E-state index in [0.717, 1.165) is 11.3 Å². The van der Waals surface area contributed by atoms with Crippen LogP contribution in [-0.4, -0.2) is 40.4 Å². The SMILES string of the molecule is COc1cc(CCC(=O)Nc2ccc(OCCN)cc2)cc(OC)c1OC. The van der Waals surface area contributed by atoms with E-state index in [-0.39, 0.29) is 5.91 Å². The number of anilines is 1. The summed E-state index contributed by atoms with van der Waals surface area (Å²) in [5, 5.41) is 2.87. The minimum absolute atomic E-state index is 0.0839. The molecule has 7 heteroatoms. The van der Waals surface area contributed by atoms with Crippen molar-refractivity contribution in [3.05, 3.63) is 42.0 Å². The molecule has 0 saturated heterocycles. The number of aryl methyl sites for hydroxylation is 1. The molecule has 2 rings (SSSR count). The van der Waals surface area contributed by atoms with Crippen molar-refractivity contribution in [1.82, 2.24) is 0 Å². The maximum atomic E-state index is 12.2. The highest BCUT2D eigenvalue weighted by molar-refractivity contribution is 5.90. The molecule has 0 aromatic heterocycles. The monoisotopic (exact) mass is 374 g/mol. The second-order valence-electron chi connectivity index (χ2n) is 5.74. The summed E-state index contributed by atoms with van der Waals surface area (Å²) in [5.74, 6) is 2.31. The van der Waals surface area contributed by atoms with Gasteiger partial charge in [0, 0.05) is 18.7 Å². The number of carbonyl (C=O) groups is 1. The molecule has 1 amide bonds. The Labute approximate surface area is 159 Å². The fraction of sp³-hybridized carbons (Fsp3) is 0.350. The van der Waals surface area contributed by atoms with Crippen molar-refractivity contribution in [3.8, 4) is 23.0 Å². The lowest BCUT2D eigenvalue weighted by Crippen LogP contribution is -2.13. The van der Waals surface area contributed by atoms with Crippen molar-refractivity contribution < 1.29 is 23.7 Å². The van der Waals surface area contributed by atoms with E-state index in [2.05, 4.69) is 5.32 Å². The normalized spacial score (nSPS) is 10.2. The van der Waals surface area contributed by atoms with Gasteiger partial charge in [-0.3, -0.25) is 4.79 Å². The number of hydrogen-bond donors (Lipinski definition) is 2. The second kappa shape index (κ2) is 10.3. The molecule has 0 aliphatic carbocycles. The highest BCUT2D eigenvalue weighted by Crippen LogP contribution is 2.38. The largest absolute Gasteiger partial charge is 0.493 e. The first kappa shape index (κ1) is 20.4. The Kier molecular flexibility index (Phi) is 7.76. The van der Waals surface area contributed by atoms with Crippen LogP contribution in [-0.2, 0) is 11.2 Å². The van der Waals surface area contributed by atoms with E-state index in [9.17, 15) is 4.79 Å². The molecule has 0 heterocycles. The predicted molar refractivity (Wildman–Crippen MR) is 104 cm³/mol. The summed E-state index contributed by atoms with van der Waals surface area (Å²) >= 11 is 0. The summed E-state index contributed by atoms with van der Waals surface area (Å²) < 4.78 is 21.4. The maximum Gasteiger partial charge on any atom is 0.224 e. The topological polar surface area (TPSA) is 92.0 Å². The Morgan fingerprint density at radius 2 is 1.63 bits per heavy atom. The average Bonchev–Trinajstić information content (AvgIpc) is 2.70. The third-order valence-corrected chi connectivity index (χ3v) is 3.89. The van der Waals surface area contributed by atoms with Gasteiger partial charge in [0.1, 0.15) is 12.4 Å². The van der Waals surface area contributed by atoms with Crippen LogP contribution in [0, 0.1) is 0 Å². The fourth-order valence-electron chi connectivity index (χ4n) is 2.57. The molecule has 0 atom stereocenters. The summed E-state index contributed by atoms with van der Waals surface area (Å²) in [5.41, 5.74) is 7.04. The number of carbonyl (C=O) groups excluding carboxylic acids is 1. The highest BCUT2D eigenvalue weighted by Gasteiger charge is 2.14. The molecule has 0 aliphatic rings. The number of hydrogen-bond acceptors (Lipinski definition) is 6. The molecule has 0 radical (unpaired) electrons. The molecular weight excluding hydrogens is 348 g/mol. The van der Waals surface area contributed by atoms with Crippen LogP contribution in [0.2, 0.25) is 0 Å². The van der Waals surface area contributed by atoms with Gasteiger partial charge < -0.3 is 30.0 Å². The standard InChI is InChI=1S/C20H26N2O5/c1-24-17-12-14(13-18(25-2)20(17)26-3)4-9-19(23)22-15-5-7-16(8-6-15)27-11-10-21/h5-8,12-13H,4,9-11,21H2,1-3H3,(H,22,23). The zero-order valence-corrected chi connectivity index (χ0v) is 15.9. The smallest absolute Gasteiger partial charge is 0.224 e. The van der Waals surface area contributed by atoms with Crippen molar-refractivity contribution in [1.29, 1.82) is 0 Å². The van der Waals surface area contributed by atoms with E-state index in [4.69, 9.17) is 24.7 Å². The molecule has 2 aromatic carbocycles. The van der Waals surface area contributed by atoms with Gasteiger partial charge in [0.2, 0.25) is 11.7 Å². The van der Waals surface area contributed by atoms with Crippen LogP contribution in [0.4, 0.5) is 5.69 Å². The fourth-order valence-corrected chi connectivity index (χ4v) is 2.57. The molecule has 0 unspecified atom stereocenters. The lowest BCUT2D eigenvalue weighted by Gasteiger charge is -2.14. The third kappa shape index (κ3) is 5.79. The van der Waals surface area contributed by atoms with Crippen LogP contribution < -0.4 is 30.0 Å². The van der Waals surface area contributed by atoms with E-state index in [0.29, 0.717) is 48.9 Å². The van der Waals surface area contributed by atoms with E-state index in [1.165, 1.54) is 0 Å². The maximum absolute atomic E-state index is 12.2. The van der Waals surface area contributed by atoms with Gasteiger partial charge in [0.15, 0.2) is 11.5 Å². The molecule has 7 nitrogen and oxygen atoms in total. The van der Waals surface area contributed by atoms with Crippen molar-refractivity contribution in [2.75, 3.05) is 39.8 Å². The van der Waals surface area contributed by atoms with Crippen molar-refractivity contribution in [2.45, 2.75) is 12.8 Å². The first-order chi connectivity index (χ1) is 13.1. The van der Waals surface area contributed by atoms with Gasteiger partial charge in [0.05, 0.1) is 21.3 Å². The van der Waals surface area contributed by atoms with E-state index < -0.39 is 0 Å². The van der Waals surface area contributed by atoms with Crippen molar-refractivity contribution >= 4 is 11.6 Å². The lowest BCUT2D eigenvalue weighted by molar-refractivity contribution is -0.116. The van der Waals surface area contributed by atoms with Crippen molar-refractivity contribution in [3.63, 3.8) is 0 Å². The van der Waals surface area contributed by atoms with Gasteiger partial charge >= 0.3 is 0 Å². The minimum atomic E-state index is -0.0839. The molecule has 146 valence electrons. The number of methoxy groups -OCH3 is 3. The predicted octanol–water partition coefficient (Wildman–Crippen LogP) is 2.62. The van der Waals surface area contributed by atoms with Gasteiger partial charge in [-0.15, -0.1) is 0 Å². The first-order valence-electron chi connectivity index (χ1n) is 8.63. The van der Waals surface area contributed by atoms with Crippen LogP contribution in [0.15, 0.2) is 36.4 Å². The van der Waals surface area contributed by atoms with Crippen LogP contribution in [0.25, 0.3) is 0 Å². The number of nitrogens with two attached hydrogens (primary N) is 1. The number of amides is 1. The van der Waals surface area contributed by atoms with Crippen LogP contribution in [0.5, 0.6) is 23.0 Å². The average molecular weight is 374 g/mol. The van der Waals surface area contributed by atoms with Gasteiger partial charge in [0.25, 0.3) is 0 Å². The molecule has 0 fully saturated rings. The van der Waals surface area contributed by atoms with Crippen LogP contribution >= 0.6 is 0 Å². The molecule has 2 aromatic rings. The summed E-state index contributed by atoms with van der Waals surface area (Å²) in [6, 6.07) is 10.9. The molecule has 0 spiro atoms. The van der Waals surface area contributed by atoms with Gasteiger partial charge in [-0.25, -0.2) is 0 Å². The Bertz CT molecular complexity index is 722.